The molecule has 6 heteroatoms. The molecule has 1 rings (SSSR count). The molecule has 1 heterocycles. The Morgan fingerprint density at radius 2 is 2.27 bits per heavy atom. The summed E-state index contributed by atoms with van der Waals surface area (Å²) >= 11 is 4.80. The molecule has 1 saturated heterocycles. The van der Waals surface area contributed by atoms with Crippen LogP contribution in [0.15, 0.2) is 0 Å². The molecular formula is C9H18N2O2S2. The Hall–Kier alpha value is -0.200. The molecule has 2 atom stereocenters. The van der Waals surface area contributed by atoms with Crippen LogP contribution in [0.1, 0.15) is 26.7 Å². The van der Waals surface area contributed by atoms with E-state index in [1.165, 1.54) is 4.31 Å². The number of sulfonamides is 1. The third-order valence-electron chi connectivity index (χ3n) is 2.79. The standard InChI is InChI=1S/C9H18N2O2S2/c1-3-8(9(10)14)15(12,13)11-5-4-7(2)6-11/h7-8H,3-6H2,1-2H3,(H2,10,14). The summed E-state index contributed by atoms with van der Waals surface area (Å²) < 4.78 is 25.7. The van der Waals surface area contributed by atoms with E-state index in [0.29, 0.717) is 25.4 Å². The molecule has 0 aromatic rings. The molecule has 1 aliphatic heterocycles. The third kappa shape index (κ3) is 2.68. The third-order valence-corrected chi connectivity index (χ3v) is 5.59. The summed E-state index contributed by atoms with van der Waals surface area (Å²) in [5.74, 6) is 0.434. The van der Waals surface area contributed by atoms with Gasteiger partial charge in [0.25, 0.3) is 0 Å². The van der Waals surface area contributed by atoms with Crippen LogP contribution in [-0.2, 0) is 10.0 Å². The quantitative estimate of drug-likeness (QED) is 0.747. The lowest BCUT2D eigenvalue weighted by atomic mass is 10.2. The van der Waals surface area contributed by atoms with E-state index in [0.717, 1.165) is 6.42 Å². The van der Waals surface area contributed by atoms with Crippen molar-refractivity contribution in [3.63, 3.8) is 0 Å². The van der Waals surface area contributed by atoms with E-state index >= 15 is 0 Å². The summed E-state index contributed by atoms with van der Waals surface area (Å²) in [6.45, 7) is 5.04. The molecule has 88 valence electrons. The first kappa shape index (κ1) is 12.9. The van der Waals surface area contributed by atoms with Crippen molar-refractivity contribution in [3.8, 4) is 0 Å². The fourth-order valence-electron chi connectivity index (χ4n) is 1.86. The van der Waals surface area contributed by atoms with E-state index in [2.05, 4.69) is 6.92 Å². The molecule has 1 aliphatic rings. The molecular weight excluding hydrogens is 232 g/mol. The van der Waals surface area contributed by atoms with Gasteiger partial charge in [-0.15, -0.1) is 0 Å². The van der Waals surface area contributed by atoms with Crippen molar-refractivity contribution >= 4 is 27.2 Å². The van der Waals surface area contributed by atoms with E-state index < -0.39 is 15.3 Å². The molecule has 0 radical (unpaired) electrons. The van der Waals surface area contributed by atoms with Crippen molar-refractivity contribution in [1.29, 1.82) is 0 Å². The molecule has 0 bridgehead atoms. The number of thiocarbonyl (C=S) groups is 1. The van der Waals surface area contributed by atoms with Gasteiger partial charge in [-0.1, -0.05) is 26.1 Å². The van der Waals surface area contributed by atoms with Gasteiger partial charge in [0, 0.05) is 13.1 Å². The van der Waals surface area contributed by atoms with Crippen molar-refractivity contribution < 1.29 is 8.42 Å². The van der Waals surface area contributed by atoms with Crippen molar-refractivity contribution in [2.75, 3.05) is 13.1 Å². The number of nitrogens with two attached hydrogens (primary N) is 1. The van der Waals surface area contributed by atoms with Crippen LogP contribution in [0.3, 0.4) is 0 Å². The Labute approximate surface area is 96.9 Å². The summed E-state index contributed by atoms with van der Waals surface area (Å²) in [5, 5.41) is -0.696. The van der Waals surface area contributed by atoms with Crippen LogP contribution >= 0.6 is 12.2 Å². The van der Waals surface area contributed by atoms with Gasteiger partial charge in [-0.2, -0.15) is 0 Å². The van der Waals surface area contributed by atoms with E-state index in [-0.39, 0.29) is 4.99 Å². The van der Waals surface area contributed by atoms with Gasteiger partial charge in [0.2, 0.25) is 10.0 Å². The van der Waals surface area contributed by atoms with Crippen LogP contribution in [0.4, 0.5) is 0 Å². The van der Waals surface area contributed by atoms with Crippen LogP contribution in [-0.4, -0.2) is 36.1 Å². The van der Waals surface area contributed by atoms with Gasteiger partial charge >= 0.3 is 0 Å². The van der Waals surface area contributed by atoms with Gasteiger partial charge in [-0.25, -0.2) is 12.7 Å². The molecule has 0 spiro atoms. The average molecular weight is 250 g/mol. The normalized spacial score (nSPS) is 25.3. The highest BCUT2D eigenvalue weighted by Crippen LogP contribution is 2.22. The van der Waals surface area contributed by atoms with Gasteiger partial charge in [0.15, 0.2) is 0 Å². The summed E-state index contributed by atoms with van der Waals surface area (Å²) in [7, 11) is -3.32. The first-order valence-electron chi connectivity index (χ1n) is 5.17. The van der Waals surface area contributed by atoms with Crippen molar-refractivity contribution in [2.24, 2.45) is 11.7 Å². The Morgan fingerprint density at radius 3 is 2.60 bits per heavy atom. The van der Waals surface area contributed by atoms with Crippen LogP contribution < -0.4 is 5.73 Å². The molecule has 2 unspecified atom stereocenters. The van der Waals surface area contributed by atoms with Crippen LogP contribution in [0, 0.1) is 5.92 Å². The maximum Gasteiger partial charge on any atom is 0.223 e. The second-order valence-corrected chi connectivity index (χ2v) is 6.68. The molecule has 0 aromatic heterocycles. The highest BCUT2D eigenvalue weighted by Gasteiger charge is 2.36. The molecule has 0 aromatic carbocycles. The highest BCUT2D eigenvalue weighted by atomic mass is 32.2. The Kier molecular flexibility index (Phi) is 4.08. The summed E-state index contributed by atoms with van der Waals surface area (Å²) in [4.78, 5) is 0.0806. The summed E-state index contributed by atoms with van der Waals surface area (Å²) in [6, 6.07) is 0. The highest BCUT2D eigenvalue weighted by molar-refractivity contribution is 7.92. The van der Waals surface area contributed by atoms with Crippen LogP contribution in [0.2, 0.25) is 0 Å². The zero-order chi connectivity index (χ0) is 11.6. The van der Waals surface area contributed by atoms with Crippen LogP contribution in [0.5, 0.6) is 0 Å². The van der Waals surface area contributed by atoms with Crippen molar-refractivity contribution in [2.45, 2.75) is 31.9 Å². The first-order valence-corrected chi connectivity index (χ1v) is 7.09. The molecule has 1 fully saturated rings. The maximum absolute atomic E-state index is 12.1. The predicted molar refractivity (Wildman–Crippen MR) is 65.1 cm³/mol. The maximum atomic E-state index is 12.1. The lowest BCUT2D eigenvalue weighted by Crippen LogP contribution is -2.43. The predicted octanol–water partition coefficient (Wildman–Crippen LogP) is 0.723. The monoisotopic (exact) mass is 250 g/mol. The number of nitrogens with zero attached hydrogens (tertiary/aromatic N) is 1. The molecule has 0 amide bonds. The summed E-state index contributed by atoms with van der Waals surface area (Å²) in [5.41, 5.74) is 5.46. The molecule has 15 heavy (non-hydrogen) atoms. The van der Waals surface area contributed by atoms with Gasteiger partial charge < -0.3 is 5.73 Å². The lowest BCUT2D eigenvalue weighted by Gasteiger charge is -2.22. The number of hydrogen-bond acceptors (Lipinski definition) is 3. The Balaban J connectivity index is 2.86. The minimum atomic E-state index is -3.32. The Bertz CT molecular complexity index is 340. The van der Waals surface area contributed by atoms with Gasteiger partial charge in [-0.05, 0) is 18.8 Å². The average Bonchev–Trinajstić information content (AvgIpc) is 2.52. The lowest BCUT2D eigenvalue weighted by molar-refractivity contribution is 0.459. The summed E-state index contributed by atoms with van der Waals surface area (Å²) in [6.07, 6.45) is 1.37. The molecule has 0 saturated carbocycles. The topological polar surface area (TPSA) is 63.4 Å². The largest absolute Gasteiger partial charge is 0.392 e. The second-order valence-electron chi connectivity index (χ2n) is 4.10. The van der Waals surface area contributed by atoms with Gasteiger partial charge in [-0.3, -0.25) is 0 Å². The molecule has 0 aliphatic carbocycles. The first-order chi connectivity index (χ1) is 6.89. The van der Waals surface area contributed by atoms with Gasteiger partial charge in [0.05, 0.1) is 4.99 Å². The Morgan fingerprint density at radius 1 is 1.67 bits per heavy atom. The van der Waals surface area contributed by atoms with Crippen molar-refractivity contribution in [3.05, 3.63) is 0 Å². The van der Waals surface area contributed by atoms with Gasteiger partial charge in [0.1, 0.15) is 5.25 Å². The number of rotatable bonds is 4. The van der Waals surface area contributed by atoms with Crippen molar-refractivity contribution in [1.82, 2.24) is 4.31 Å². The zero-order valence-electron chi connectivity index (χ0n) is 9.14. The molecule has 4 nitrogen and oxygen atoms in total. The minimum Gasteiger partial charge on any atom is -0.392 e. The number of hydrogen-bond donors (Lipinski definition) is 1. The smallest absolute Gasteiger partial charge is 0.223 e. The fourth-order valence-corrected chi connectivity index (χ4v) is 4.29. The SMILES string of the molecule is CCC(C(N)=S)S(=O)(=O)N1CCC(C)C1. The van der Waals surface area contributed by atoms with E-state index in [4.69, 9.17) is 18.0 Å². The minimum absolute atomic E-state index is 0.0806. The van der Waals surface area contributed by atoms with E-state index in [9.17, 15) is 8.42 Å². The fraction of sp³-hybridized carbons (Fsp3) is 0.889. The van der Waals surface area contributed by atoms with E-state index in [1.807, 2.05) is 0 Å². The zero-order valence-corrected chi connectivity index (χ0v) is 10.8. The van der Waals surface area contributed by atoms with E-state index in [1.54, 1.807) is 6.92 Å². The molecule has 2 N–H and O–H groups in total. The second kappa shape index (κ2) is 4.76. The van der Waals surface area contributed by atoms with Crippen LogP contribution in [0.25, 0.3) is 0 Å².